The van der Waals surface area contributed by atoms with Crippen molar-refractivity contribution >= 4 is 33.3 Å². The molecule has 0 fully saturated rings. The molecule has 0 amide bonds. The second kappa shape index (κ2) is 6.19. The van der Waals surface area contributed by atoms with Crippen molar-refractivity contribution in [2.24, 2.45) is 5.92 Å². The van der Waals surface area contributed by atoms with E-state index in [1.165, 1.54) is 0 Å². The van der Waals surface area contributed by atoms with Gasteiger partial charge >= 0.3 is 0 Å². The van der Waals surface area contributed by atoms with Gasteiger partial charge in [-0.3, -0.25) is 0 Å². The van der Waals surface area contributed by atoms with E-state index in [0.29, 0.717) is 5.92 Å². The first kappa shape index (κ1) is 14.1. The zero-order valence-corrected chi connectivity index (χ0v) is 12.9. The third-order valence-electron chi connectivity index (χ3n) is 2.84. The summed E-state index contributed by atoms with van der Waals surface area (Å²) in [4.78, 5) is 12.5. The molecular weight excluding hydrogens is 256 g/mol. The molecule has 2 aromatic heterocycles. The van der Waals surface area contributed by atoms with E-state index in [4.69, 9.17) is 0 Å². The topological polar surface area (TPSA) is 41.1 Å². The van der Waals surface area contributed by atoms with Crippen LogP contribution in [0.15, 0.2) is 11.4 Å². The lowest BCUT2D eigenvalue weighted by Gasteiger charge is -2.21. The Morgan fingerprint density at radius 1 is 1.37 bits per heavy atom. The molecule has 0 spiro atoms. The molecule has 0 aliphatic heterocycles. The van der Waals surface area contributed by atoms with Crippen LogP contribution < -0.4 is 10.2 Å². The van der Waals surface area contributed by atoms with Crippen LogP contribution in [0.1, 0.15) is 27.2 Å². The van der Waals surface area contributed by atoms with Crippen LogP contribution in [0.25, 0.3) is 10.2 Å². The second-order valence-electron chi connectivity index (χ2n) is 5.21. The van der Waals surface area contributed by atoms with Crippen molar-refractivity contribution in [2.45, 2.75) is 27.2 Å². The number of nitrogens with zero attached hydrogens (tertiary/aromatic N) is 3. The largest absolute Gasteiger partial charge is 0.359 e. The minimum absolute atomic E-state index is 0.612. The Hall–Kier alpha value is -1.36. The van der Waals surface area contributed by atoms with Crippen molar-refractivity contribution in [3.05, 3.63) is 11.4 Å². The van der Waals surface area contributed by atoms with Gasteiger partial charge in [0.2, 0.25) is 5.95 Å². The fourth-order valence-corrected chi connectivity index (χ4v) is 2.84. The highest BCUT2D eigenvalue weighted by Gasteiger charge is 2.13. The maximum atomic E-state index is 4.67. The zero-order valence-electron chi connectivity index (χ0n) is 12.1. The van der Waals surface area contributed by atoms with Crippen LogP contribution in [0.3, 0.4) is 0 Å². The lowest BCUT2D eigenvalue weighted by atomic mass is 10.2. The van der Waals surface area contributed by atoms with Crippen LogP contribution in [0.4, 0.5) is 11.8 Å². The summed E-state index contributed by atoms with van der Waals surface area (Å²) in [7, 11) is 2.10. The standard InChI is InChI=1S/C14H22N4S/c1-5-7-15-14-16-12(18(4)9-10(2)3)11-6-8-19-13(11)17-14/h6,8,10H,5,7,9H2,1-4H3,(H,15,16,17). The molecule has 2 heterocycles. The number of anilines is 2. The van der Waals surface area contributed by atoms with Gasteiger partial charge in [-0.25, -0.2) is 4.98 Å². The Labute approximate surface area is 118 Å². The van der Waals surface area contributed by atoms with Crippen molar-refractivity contribution < 1.29 is 0 Å². The molecule has 4 nitrogen and oxygen atoms in total. The Balaban J connectivity index is 2.36. The van der Waals surface area contributed by atoms with E-state index in [-0.39, 0.29) is 0 Å². The molecule has 5 heteroatoms. The van der Waals surface area contributed by atoms with Crippen LogP contribution >= 0.6 is 11.3 Å². The summed E-state index contributed by atoms with van der Waals surface area (Å²) in [6.07, 6.45) is 1.07. The number of aromatic nitrogens is 2. The third kappa shape index (κ3) is 3.35. The summed E-state index contributed by atoms with van der Waals surface area (Å²) in [5.74, 6) is 2.38. The molecule has 0 aromatic carbocycles. The van der Waals surface area contributed by atoms with Gasteiger partial charge in [-0.15, -0.1) is 11.3 Å². The van der Waals surface area contributed by atoms with Crippen LogP contribution in [0.5, 0.6) is 0 Å². The van der Waals surface area contributed by atoms with E-state index in [1.54, 1.807) is 11.3 Å². The van der Waals surface area contributed by atoms with Gasteiger partial charge in [0.1, 0.15) is 10.6 Å². The van der Waals surface area contributed by atoms with E-state index in [0.717, 1.165) is 41.5 Å². The van der Waals surface area contributed by atoms with Gasteiger partial charge in [0, 0.05) is 20.1 Å². The lowest BCUT2D eigenvalue weighted by Crippen LogP contribution is -2.24. The third-order valence-corrected chi connectivity index (χ3v) is 3.65. The smallest absolute Gasteiger partial charge is 0.226 e. The van der Waals surface area contributed by atoms with Crippen LogP contribution in [0, 0.1) is 5.92 Å². The van der Waals surface area contributed by atoms with Crippen molar-refractivity contribution in [2.75, 3.05) is 30.4 Å². The molecule has 0 saturated heterocycles. The second-order valence-corrected chi connectivity index (χ2v) is 6.11. The van der Waals surface area contributed by atoms with Gasteiger partial charge in [-0.05, 0) is 23.8 Å². The van der Waals surface area contributed by atoms with Gasteiger partial charge in [0.15, 0.2) is 0 Å². The van der Waals surface area contributed by atoms with Gasteiger partial charge < -0.3 is 10.2 Å². The molecule has 0 aliphatic carbocycles. The van der Waals surface area contributed by atoms with Crippen molar-refractivity contribution in [1.82, 2.24) is 9.97 Å². The summed E-state index contributed by atoms with van der Waals surface area (Å²) < 4.78 is 0. The van der Waals surface area contributed by atoms with E-state index in [1.807, 2.05) is 0 Å². The molecule has 0 unspecified atom stereocenters. The fourth-order valence-electron chi connectivity index (χ4n) is 2.08. The minimum atomic E-state index is 0.612. The molecule has 0 aliphatic rings. The van der Waals surface area contributed by atoms with Crippen LogP contribution in [-0.2, 0) is 0 Å². The van der Waals surface area contributed by atoms with E-state index in [9.17, 15) is 0 Å². The van der Waals surface area contributed by atoms with E-state index in [2.05, 4.69) is 59.4 Å². The number of fused-ring (bicyclic) bond motifs is 1. The molecule has 19 heavy (non-hydrogen) atoms. The lowest BCUT2D eigenvalue weighted by molar-refractivity contribution is 0.635. The molecular formula is C14H22N4S. The Morgan fingerprint density at radius 3 is 2.84 bits per heavy atom. The van der Waals surface area contributed by atoms with Gasteiger partial charge in [0.05, 0.1) is 5.39 Å². The highest BCUT2D eigenvalue weighted by Crippen LogP contribution is 2.28. The number of nitrogens with one attached hydrogen (secondary N) is 1. The molecule has 0 radical (unpaired) electrons. The van der Waals surface area contributed by atoms with Crippen molar-refractivity contribution in [3.63, 3.8) is 0 Å². The first-order chi connectivity index (χ1) is 9.11. The first-order valence-electron chi connectivity index (χ1n) is 6.82. The molecule has 2 aromatic rings. The SMILES string of the molecule is CCCNc1nc(N(C)CC(C)C)c2ccsc2n1. The molecule has 1 N–H and O–H groups in total. The quantitative estimate of drug-likeness (QED) is 0.876. The van der Waals surface area contributed by atoms with Gasteiger partial charge in [-0.2, -0.15) is 4.98 Å². The van der Waals surface area contributed by atoms with Gasteiger partial charge in [0.25, 0.3) is 0 Å². The van der Waals surface area contributed by atoms with Gasteiger partial charge in [-0.1, -0.05) is 20.8 Å². The molecule has 2 rings (SSSR count). The maximum Gasteiger partial charge on any atom is 0.226 e. The Kier molecular flexibility index (Phi) is 4.58. The molecule has 0 saturated carbocycles. The monoisotopic (exact) mass is 278 g/mol. The predicted molar refractivity (Wildman–Crippen MR) is 84.3 cm³/mol. The highest BCUT2D eigenvalue weighted by atomic mass is 32.1. The van der Waals surface area contributed by atoms with E-state index < -0.39 is 0 Å². The average Bonchev–Trinajstić information content (AvgIpc) is 2.82. The Bertz CT molecular complexity index is 535. The summed E-state index contributed by atoms with van der Waals surface area (Å²) in [5.41, 5.74) is 0. The van der Waals surface area contributed by atoms with Crippen molar-refractivity contribution in [1.29, 1.82) is 0 Å². The average molecular weight is 278 g/mol. The molecule has 104 valence electrons. The summed E-state index contributed by atoms with van der Waals surface area (Å²) in [6, 6.07) is 2.11. The first-order valence-corrected chi connectivity index (χ1v) is 7.70. The van der Waals surface area contributed by atoms with Crippen LogP contribution in [0.2, 0.25) is 0 Å². The summed E-state index contributed by atoms with van der Waals surface area (Å²) >= 11 is 1.67. The molecule has 0 bridgehead atoms. The number of thiophene rings is 1. The summed E-state index contributed by atoms with van der Waals surface area (Å²) in [6.45, 7) is 8.49. The van der Waals surface area contributed by atoms with Crippen molar-refractivity contribution in [3.8, 4) is 0 Å². The predicted octanol–water partition coefficient (Wildman–Crippen LogP) is 3.61. The highest BCUT2D eigenvalue weighted by molar-refractivity contribution is 7.16. The molecule has 0 atom stereocenters. The number of hydrogen-bond donors (Lipinski definition) is 1. The van der Waals surface area contributed by atoms with E-state index >= 15 is 0 Å². The normalized spacial score (nSPS) is 11.2. The summed E-state index contributed by atoms with van der Waals surface area (Å²) in [5, 5.41) is 6.51. The Morgan fingerprint density at radius 2 is 2.16 bits per heavy atom. The number of hydrogen-bond acceptors (Lipinski definition) is 5. The van der Waals surface area contributed by atoms with Crippen LogP contribution in [-0.4, -0.2) is 30.1 Å². The number of rotatable bonds is 6. The maximum absolute atomic E-state index is 4.67. The minimum Gasteiger partial charge on any atom is -0.359 e. The fraction of sp³-hybridized carbons (Fsp3) is 0.571. The zero-order chi connectivity index (χ0) is 13.8.